The number of benzene rings is 1. The number of nitrogens with zero attached hydrogens (tertiary/aromatic N) is 2. The van der Waals surface area contributed by atoms with Crippen LogP contribution in [0.25, 0.3) is 0 Å². The van der Waals surface area contributed by atoms with Crippen LogP contribution in [-0.4, -0.2) is 56.2 Å². The van der Waals surface area contributed by atoms with Gasteiger partial charge in [-0.15, -0.1) is 0 Å². The van der Waals surface area contributed by atoms with E-state index in [1.807, 2.05) is 6.07 Å². The second kappa shape index (κ2) is 8.21. The van der Waals surface area contributed by atoms with Gasteiger partial charge in [-0.3, -0.25) is 9.80 Å². The molecule has 0 unspecified atom stereocenters. The lowest BCUT2D eigenvalue weighted by Gasteiger charge is -2.43. The van der Waals surface area contributed by atoms with Crippen molar-refractivity contribution < 1.29 is 9.47 Å². The van der Waals surface area contributed by atoms with Crippen LogP contribution in [0.15, 0.2) is 18.2 Å². The number of methoxy groups -OCH3 is 2. The fourth-order valence-corrected chi connectivity index (χ4v) is 4.33. The number of rotatable bonds is 5. The van der Waals surface area contributed by atoms with Gasteiger partial charge in [-0.1, -0.05) is 25.8 Å². The van der Waals surface area contributed by atoms with Crippen LogP contribution in [0.1, 0.15) is 38.2 Å². The Balaban J connectivity index is 1.53. The average molecular weight is 332 g/mol. The second-order valence-electron chi connectivity index (χ2n) is 7.33. The molecule has 2 aliphatic rings. The summed E-state index contributed by atoms with van der Waals surface area (Å²) in [6.45, 7) is 8.19. The molecule has 24 heavy (non-hydrogen) atoms. The van der Waals surface area contributed by atoms with E-state index < -0.39 is 0 Å². The van der Waals surface area contributed by atoms with Crippen LogP contribution in [0, 0.1) is 5.92 Å². The van der Waals surface area contributed by atoms with Gasteiger partial charge in [0.2, 0.25) is 0 Å². The fourth-order valence-electron chi connectivity index (χ4n) is 4.33. The lowest BCUT2D eigenvalue weighted by atomic mass is 9.84. The zero-order valence-electron chi connectivity index (χ0n) is 15.5. The molecule has 0 aromatic heterocycles. The smallest absolute Gasteiger partial charge is 0.161 e. The van der Waals surface area contributed by atoms with Gasteiger partial charge >= 0.3 is 0 Å². The highest BCUT2D eigenvalue weighted by Crippen LogP contribution is 2.30. The molecular formula is C20H32N2O2. The maximum absolute atomic E-state index is 5.42. The third-order valence-corrected chi connectivity index (χ3v) is 5.80. The lowest BCUT2D eigenvalue weighted by molar-refractivity contribution is 0.0518. The molecule has 1 saturated heterocycles. The number of hydrogen-bond acceptors (Lipinski definition) is 4. The van der Waals surface area contributed by atoms with E-state index >= 15 is 0 Å². The summed E-state index contributed by atoms with van der Waals surface area (Å²) < 4.78 is 10.7. The Labute approximate surface area is 146 Å². The van der Waals surface area contributed by atoms with E-state index in [2.05, 4.69) is 28.9 Å². The quantitative estimate of drug-likeness (QED) is 0.825. The Morgan fingerprint density at radius 3 is 2.33 bits per heavy atom. The van der Waals surface area contributed by atoms with Crippen molar-refractivity contribution in [2.45, 2.75) is 45.2 Å². The van der Waals surface area contributed by atoms with E-state index in [0.29, 0.717) is 0 Å². The van der Waals surface area contributed by atoms with E-state index in [1.54, 1.807) is 14.2 Å². The minimum absolute atomic E-state index is 0.803. The van der Waals surface area contributed by atoms with Crippen molar-refractivity contribution in [3.8, 4) is 11.5 Å². The minimum atomic E-state index is 0.803. The van der Waals surface area contributed by atoms with E-state index in [1.165, 1.54) is 44.3 Å². The van der Waals surface area contributed by atoms with Crippen LogP contribution in [-0.2, 0) is 6.54 Å². The molecule has 1 aromatic rings. The van der Waals surface area contributed by atoms with E-state index in [0.717, 1.165) is 43.1 Å². The topological polar surface area (TPSA) is 24.9 Å². The van der Waals surface area contributed by atoms with Crippen LogP contribution in [0.3, 0.4) is 0 Å². The van der Waals surface area contributed by atoms with Crippen LogP contribution in [0.4, 0.5) is 0 Å². The van der Waals surface area contributed by atoms with Crippen molar-refractivity contribution in [1.82, 2.24) is 9.80 Å². The first-order valence-corrected chi connectivity index (χ1v) is 9.38. The van der Waals surface area contributed by atoms with Gasteiger partial charge in [0.05, 0.1) is 14.2 Å². The van der Waals surface area contributed by atoms with Gasteiger partial charge in [-0.25, -0.2) is 0 Å². The van der Waals surface area contributed by atoms with Crippen LogP contribution in [0.2, 0.25) is 0 Å². The third-order valence-electron chi connectivity index (χ3n) is 5.80. The molecule has 3 rings (SSSR count). The summed E-state index contributed by atoms with van der Waals surface area (Å²) in [6.07, 6.45) is 5.66. The molecular weight excluding hydrogens is 300 g/mol. The average Bonchev–Trinajstić information content (AvgIpc) is 2.63. The number of hydrogen-bond donors (Lipinski definition) is 0. The molecule has 0 bridgehead atoms. The molecule has 1 aliphatic carbocycles. The van der Waals surface area contributed by atoms with Gasteiger partial charge in [-0.05, 0) is 36.5 Å². The Morgan fingerprint density at radius 2 is 1.67 bits per heavy atom. The predicted molar refractivity (Wildman–Crippen MR) is 97.8 cm³/mol. The SMILES string of the molecule is COc1ccc(CN2CCN([C@H]3CCCC[C@H]3C)CC2)cc1OC. The third kappa shape index (κ3) is 4.04. The van der Waals surface area contributed by atoms with E-state index in [4.69, 9.17) is 9.47 Å². The second-order valence-corrected chi connectivity index (χ2v) is 7.33. The largest absolute Gasteiger partial charge is 0.493 e. The monoisotopic (exact) mass is 332 g/mol. The van der Waals surface area contributed by atoms with Gasteiger partial charge in [0.15, 0.2) is 11.5 Å². The molecule has 1 saturated carbocycles. The van der Waals surface area contributed by atoms with Gasteiger partial charge in [-0.2, -0.15) is 0 Å². The van der Waals surface area contributed by atoms with Crippen molar-refractivity contribution in [1.29, 1.82) is 0 Å². The highest BCUT2D eigenvalue weighted by atomic mass is 16.5. The van der Waals surface area contributed by atoms with Gasteiger partial charge in [0, 0.05) is 38.8 Å². The molecule has 1 aliphatic heterocycles. The molecule has 0 spiro atoms. The van der Waals surface area contributed by atoms with Gasteiger partial charge in [0.25, 0.3) is 0 Å². The van der Waals surface area contributed by atoms with Crippen LogP contribution >= 0.6 is 0 Å². The summed E-state index contributed by atoms with van der Waals surface area (Å²) in [6, 6.07) is 7.08. The molecule has 0 amide bonds. The predicted octanol–water partition coefficient (Wildman–Crippen LogP) is 3.40. The summed E-state index contributed by atoms with van der Waals surface area (Å²) in [5, 5.41) is 0. The van der Waals surface area contributed by atoms with Gasteiger partial charge < -0.3 is 9.47 Å². The van der Waals surface area contributed by atoms with E-state index in [-0.39, 0.29) is 0 Å². The maximum atomic E-state index is 5.42. The Kier molecular flexibility index (Phi) is 6.01. The van der Waals surface area contributed by atoms with E-state index in [9.17, 15) is 0 Å². The molecule has 0 radical (unpaired) electrons. The molecule has 4 heteroatoms. The van der Waals surface area contributed by atoms with Crippen molar-refractivity contribution in [3.63, 3.8) is 0 Å². The molecule has 1 heterocycles. The molecule has 2 fully saturated rings. The normalized spacial score (nSPS) is 26.3. The molecule has 4 nitrogen and oxygen atoms in total. The van der Waals surface area contributed by atoms with Crippen molar-refractivity contribution in [2.24, 2.45) is 5.92 Å². The lowest BCUT2D eigenvalue weighted by Crippen LogP contribution is -2.52. The Morgan fingerprint density at radius 1 is 0.958 bits per heavy atom. The molecule has 1 aromatic carbocycles. The molecule has 134 valence electrons. The first kappa shape index (κ1) is 17.6. The van der Waals surface area contributed by atoms with Crippen LogP contribution < -0.4 is 9.47 Å². The number of piperazine rings is 1. The standard InChI is InChI=1S/C20H32N2O2/c1-16-6-4-5-7-18(16)22-12-10-21(11-13-22)15-17-8-9-19(23-2)20(14-17)24-3/h8-9,14,16,18H,4-7,10-13,15H2,1-3H3/t16-,18+/m1/s1. The summed E-state index contributed by atoms with van der Waals surface area (Å²) in [4.78, 5) is 5.31. The Bertz CT molecular complexity index is 526. The summed E-state index contributed by atoms with van der Waals surface area (Å²) in [5.74, 6) is 2.50. The zero-order chi connectivity index (χ0) is 16.9. The summed E-state index contributed by atoms with van der Waals surface area (Å²) in [7, 11) is 3.38. The summed E-state index contributed by atoms with van der Waals surface area (Å²) >= 11 is 0. The number of ether oxygens (including phenoxy) is 2. The fraction of sp³-hybridized carbons (Fsp3) is 0.700. The van der Waals surface area contributed by atoms with Gasteiger partial charge in [0.1, 0.15) is 0 Å². The first-order valence-electron chi connectivity index (χ1n) is 9.38. The summed E-state index contributed by atoms with van der Waals surface area (Å²) in [5.41, 5.74) is 1.30. The molecule has 0 N–H and O–H groups in total. The zero-order valence-corrected chi connectivity index (χ0v) is 15.5. The van der Waals surface area contributed by atoms with Crippen molar-refractivity contribution >= 4 is 0 Å². The van der Waals surface area contributed by atoms with Crippen molar-refractivity contribution in [2.75, 3.05) is 40.4 Å². The molecule has 2 atom stereocenters. The highest BCUT2D eigenvalue weighted by Gasteiger charge is 2.29. The Hall–Kier alpha value is -1.26. The maximum Gasteiger partial charge on any atom is 0.161 e. The van der Waals surface area contributed by atoms with Crippen LogP contribution in [0.5, 0.6) is 11.5 Å². The minimum Gasteiger partial charge on any atom is -0.493 e. The highest BCUT2D eigenvalue weighted by molar-refractivity contribution is 5.42. The first-order chi connectivity index (χ1) is 11.7. The van der Waals surface area contributed by atoms with Crippen molar-refractivity contribution in [3.05, 3.63) is 23.8 Å².